The average molecular weight is 422 g/mol. The van der Waals surface area contributed by atoms with Gasteiger partial charge in [0.25, 0.3) is 0 Å². The molecule has 3 aliphatic rings. The Kier molecular flexibility index (Phi) is 5.26. The highest BCUT2D eigenvalue weighted by atomic mass is 19.1. The van der Waals surface area contributed by atoms with E-state index < -0.39 is 5.41 Å². The fraction of sp³-hybridized carbons (Fsp3) is 0.440. The minimum Gasteiger partial charge on any atom is -0.340 e. The molecule has 2 saturated heterocycles. The molecular formula is C25H28FN3O2. The van der Waals surface area contributed by atoms with Gasteiger partial charge in [0.2, 0.25) is 11.8 Å². The van der Waals surface area contributed by atoms with E-state index >= 15 is 0 Å². The Morgan fingerprint density at radius 1 is 0.968 bits per heavy atom. The summed E-state index contributed by atoms with van der Waals surface area (Å²) in [6, 6.07) is 16.1. The Bertz CT molecular complexity index is 958. The minimum atomic E-state index is -0.401. The summed E-state index contributed by atoms with van der Waals surface area (Å²) >= 11 is 0. The van der Waals surface area contributed by atoms with E-state index in [9.17, 15) is 14.0 Å². The van der Waals surface area contributed by atoms with Gasteiger partial charge in [0.1, 0.15) is 11.9 Å². The van der Waals surface area contributed by atoms with Crippen molar-refractivity contribution < 1.29 is 14.0 Å². The number of hydrogen-bond donors (Lipinski definition) is 0. The van der Waals surface area contributed by atoms with Crippen LogP contribution in [0.15, 0.2) is 54.6 Å². The molecule has 1 saturated carbocycles. The Balaban J connectivity index is 1.32. The molecule has 6 heteroatoms. The maximum atomic E-state index is 13.6. The Morgan fingerprint density at radius 2 is 1.71 bits per heavy atom. The van der Waals surface area contributed by atoms with Crippen molar-refractivity contribution in [2.75, 3.05) is 32.7 Å². The van der Waals surface area contributed by atoms with Crippen LogP contribution < -0.4 is 0 Å². The summed E-state index contributed by atoms with van der Waals surface area (Å²) in [7, 11) is 0. The van der Waals surface area contributed by atoms with Gasteiger partial charge in [0, 0.05) is 39.3 Å². The van der Waals surface area contributed by atoms with Crippen LogP contribution in [0.25, 0.3) is 0 Å². The van der Waals surface area contributed by atoms with Crippen LogP contribution in [-0.4, -0.2) is 65.3 Å². The van der Waals surface area contributed by atoms with Gasteiger partial charge in [-0.15, -0.1) is 0 Å². The molecule has 5 nitrogen and oxygen atoms in total. The maximum absolute atomic E-state index is 13.6. The van der Waals surface area contributed by atoms with Crippen molar-refractivity contribution in [3.8, 4) is 0 Å². The first-order valence-electron chi connectivity index (χ1n) is 11.2. The van der Waals surface area contributed by atoms with Crippen molar-refractivity contribution in [3.63, 3.8) is 0 Å². The van der Waals surface area contributed by atoms with Crippen molar-refractivity contribution in [1.82, 2.24) is 14.7 Å². The van der Waals surface area contributed by atoms with Crippen LogP contribution in [0.5, 0.6) is 0 Å². The predicted molar refractivity (Wildman–Crippen MR) is 116 cm³/mol. The largest absolute Gasteiger partial charge is 0.340 e. The van der Waals surface area contributed by atoms with Gasteiger partial charge in [-0.05, 0) is 42.5 Å². The monoisotopic (exact) mass is 421 g/mol. The molecule has 0 spiro atoms. The van der Waals surface area contributed by atoms with Crippen LogP contribution in [0.2, 0.25) is 0 Å². The van der Waals surface area contributed by atoms with Crippen LogP contribution in [-0.2, 0) is 21.5 Å². The molecule has 2 aromatic carbocycles. The molecule has 2 amide bonds. The molecule has 2 heterocycles. The summed E-state index contributed by atoms with van der Waals surface area (Å²) in [5.74, 6) is -0.0333. The van der Waals surface area contributed by atoms with Crippen molar-refractivity contribution in [2.45, 2.75) is 37.3 Å². The summed E-state index contributed by atoms with van der Waals surface area (Å²) in [5.41, 5.74) is 1.61. The number of piperazine rings is 1. The predicted octanol–water partition coefficient (Wildman–Crippen LogP) is 2.80. The second-order valence-corrected chi connectivity index (χ2v) is 8.99. The van der Waals surface area contributed by atoms with Gasteiger partial charge in [-0.2, -0.15) is 0 Å². The highest BCUT2D eigenvalue weighted by Crippen LogP contribution is 2.49. The number of nitrogens with zero attached hydrogens (tertiary/aromatic N) is 3. The van der Waals surface area contributed by atoms with Crippen LogP contribution in [0.3, 0.4) is 0 Å². The number of hydrogen-bond acceptors (Lipinski definition) is 3. The van der Waals surface area contributed by atoms with Crippen molar-refractivity contribution in [2.24, 2.45) is 0 Å². The lowest BCUT2D eigenvalue weighted by Gasteiger charge is -2.40. The van der Waals surface area contributed by atoms with E-state index in [1.54, 1.807) is 12.1 Å². The van der Waals surface area contributed by atoms with Gasteiger partial charge < -0.3 is 9.80 Å². The molecule has 2 aromatic rings. The average Bonchev–Trinajstić information content (AvgIpc) is 3.62. The Morgan fingerprint density at radius 3 is 2.42 bits per heavy atom. The van der Waals surface area contributed by atoms with Gasteiger partial charge >= 0.3 is 0 Å². The highest BCUT2D eigenvalue weighted by Gasteiger charge is 2.53. The van der Waals surface area contributed by atoms with E-state index in [1.807, 2.05) is 40.1 Å². The van der Waals surface area contributed by atoms with Crippen LogP contribution in [0.1, 0.15) is 30.4 Å². The van der Waals surface area contributed by atoms with E-state index in [0.717, 1.165) is 43.5 Å². The van der Waals surface area contributed by atoms with Crippen LogP contribution >= 0.6 is 0 Å². The molecule has 3 fully saturated rings. The van der Waals surface area contributed by atoms with Gasteiger partial charge in [-0.25, -0.2) is 4.39 Å². The summed E-state index contributed by atoms with van der Waals surface area (Å²) in [4.78, 5) is 33.0. The molecule has 31 heavy (non-hydrogen) atoms. The number of carbonyl (C=O) groups is 2. The fourth-order valence-electron chi connectivity index (χ4n) is 5.07. The van der Waals surface area contributed by atoms with Crippen molar-refractivity contribution in [3.05, 3.63) is 71.5 Å². The molecule has 0 bridgehead atoms. The number of rotatable bonds is 4. The summed E-state index contributed by atoms with van der Waals surface area (Å²) in [6.07, 6.45) is 2.65. The summed E-state index contributed by atoms with van der Waals surface area (Å²) in [6.45, 7) is 3.93. The zero-order chi connectivity index (χ0) is 21.4. The molecule has 0 radical (unpaired) electrons. The van der Waals surface area contributed by atoms with E-state index in [4.69, 9.17) is 0 Å². The molecule has 162 valence electrons. The zero-order valence-corrected chi connectivity index (χ0v) is 17.7. The van der Waals surface area contributed by atoms with Gasteiger partial charge in [0.15, 0.2) is 0 Å². The molecular weight excluding hydrogens is 393 g/mol. The Labute approximate surface area is 182 Å². The van der Waals surface area contributed by atoms with Gasteiger partial charge in [-0.1, -0.05) is 42.5 Å². The third-order valence-electron chi connectivity index (χ3n) is 7.02. The maximum Gasteiger partial charge on any atom is 0.242 e. The van der Waals surface area contributed by atoms with Gasteiger partial charge in [-0.3, -0.25) is 14.5 Å². The quantitative estimate of drug-likeness (QED) is 0.763. The third-order valence-corrected chi connectivity index (χ3v) is 7.02. The molecule has 1 atom stereocenters. The summed E-state index contributed by atoms with van der Waals surface area (Å²) < 4.78 is 13.2. The first-order chi connectivity index (χ1) is 15.1. The number of carbonyl (C=O) groups excluding carboxylic acids is 2. The Hall–Kier alpha value is -2.73. The standard InChI is InChI=1S/C25H28FN3O2/c26-21-9-7-19(8-10-21)17-28-16-15-27-13-4-14-29(18-22(27)23(28)30)24(31)25(11-12-25)20-5-2-1-3-6-20/h1-3,5-10,22H,4,11-18H2. The zero-order valence-electron chi connectivity index (χ0n) is 17.7. The molecule has 0 N–H and O–H groups in total. The van der Waals surface area contributed by atoms with Crippen molar-refractivity contribution in [1.29, 1.82) is 0 Å². The number of halogens is 1. The lowest BCUT2D eigenvalue weighted by molar-refractivity contribution is -0.144. The van der Waals surface area contributed by atoms with E-state index in [2.05, 4.69) is 4.90 Å². The smallest absolute Gasteiger partial charge is 0.242 e. The van der Waals surface area contributed by atoms with E-state index in [1.165, 1.54) is 12.1 Å². The lowest BCUT2D eigenvalue weighted by atomic mass is 9.94. The first-order valence-corrected chi connectivity index (χ1v) is 11.2. The molecule has 5 rings (SSSR count). The van der Waals surface area contributed by atoms with Gasteiger partial charge in [0.05, 0.1) is 5.41 Å². The summed E-state index contributed by atoms with van der Waals surface area (Å²) in [5, 5.41) is 0. The topological polar surface area (TPSA) is 43.9 Å². The normalized spacial score (nSPS) is 23.3. The SMILES string of the molecule is O=C1C2CN(C(=O)C3(c4ccccc4)CC3)CCCN2CCN1Cc1ccc(F)cc1. The highest BCUT2D eigenvalue weighted by molar-refractivity contribution is 5.92. The fourth-order valence-corrected chi connectivity index (χ4v) is 5.07. The van der Waals surface area contributed by atoms with E-state index in [-0.39, 0.29) is 23.7 Å². The van der Waals surface area contributed by atoms with Crippen LogP contribution in [0, 0.1) is 5.82 Å². The third kappa shape index (κ3) is 3.85. The first kappa shape index (κ1) is 20.2. The second kappa shape index (κ2) is 8.08. The molecule has 0 aromatic heterocycles. The minimum absolute atomic E-state index is 0.0693. The second-order valence-electron chi connectivity index (χ2n) is 8.99. The van der Waals surface area contributed by atoms with Crippen molar-refractivity contribution >= 4 is 11.8 Å². The number of benzene rings is 2. The van der Waals surface area contributed by atoms with E-state index in [0.29, 0.717) is 26.2 Å². The molecule has 1 aliphatic carbocycles. The number of fused-ring (bicyclic) bond motifs is 1. The molecule has 2 aliphatic heterocycles. The molecule has 1 unspecified atom stereocenters. The lowest BCUT2D eigenvalue weighted by Crippen LogP contribution is -2.59. The number of amides is 2. The van der Waals surface area contributed by atoms with Crippen LogP contribution in [0.4, 0.5) is 4.39 Å².